The number of nitrogens with zero attached hydrogens (tertiary/aromatic N) is 4. The van der Waals surface area contributed by atoms with Gasteiger partial charge in [-0.05, 0) is 28.0 Å². The molecule has 0 spiro atoms. The maximum absolute atomic E-state index is 13.1. The van der Waals surface area contributed by atoms with Gasteiger partial charge in [-0.3, -0.25) is 4.79 Å². The van der Waals surface area contributed by atoms with Crippen molar-refractivity contribution in [1.82, 2.24) is 24.9 Å². The highest BCUT2D eigenvalue weighted by Crippen LogP contribution is 2.40. The van der Waals surface area contributed by atoms with Gasteiger partial charge in [0.1, 0.15) is 16.3 Å². The summed E-state index contributed by atoms with van der Waals surface area (Å²) < 4.78 is 37.6. The summed E-state index contributed by atoms with van der Waals surface area (Å²) in [5.74, 6) is -1.58. The van der Waals surface area contributed by atoms with Crippen LogP contribution in [0.2, 0.25) is 0 Å². The summed E-state index contributed by atoms with van der Waals surface area (Å²) in [5.41, 5.74) is 1.54. The predicted molar refractivity (Wildman–Crippen MR) is 154 cm³/mol. The number of benzene rings is 3. The normalized spacial score (nSPS) is 11.7. The molecule has 0 unspecified atom stereocenters. The maximum Gasteiger partial charge on any atom is 0.349 e. The smallest absolute Gasteiger partial charge is 0.349 e. The lowest BCUT2D eigenvalue weighted by Crippen LogP contribution is -2.39. The van der Waals surface area contributed by atoms with Crippen LogP contribution >= 0.6 is 11.3 Å². The third kappa shape index (κ3) is 5.32. The minimum atomic E-state index is -4.31. The van der Waals surface area contributed by atoms with Crippen LogP contribution < -0.4 is 4.72 Å². The maximum atomic E-state index is 13.1. The van der Waals surface area contributed by atoms with E-state index in [4.69, 9.17) is 9.84 Å². The van der Waals surface area contributed by atoms with Crippen molar-refractivity contribution < 1.29 is 27.5 Å². The Bertz CT molecular complexity index is 1710. The molecule has 13 heteroatoms. The van der Waals surface area contributed by atoms with Gasteiger partial charge in [0.25, 0.3) is 0 Å². The topological polar surface area (TPSA) is 142 Å². The van der Waals surface area contributed by atoms with Gasteiger partial charge in [0.15, 0.2) is 5.54 Å². The number of aromatic nitrogens is 4. The Kier molecular flexibility index (Phi) is 8.24. The van der Waals surface area contributed by atoms with Crippen LogP contribution in [0.1, 0.15) is 26.4 Å². The van der Waals surface area contributed by atoms with Gasteiger partial charge in [-0.2, -0.15) is 4.72 Å². The van der Waals surface area contributed by atoms with Crippen molar-refractivity contribution in [3.8, 4) is 10.7 Å². The molecule has 42 heavy (non-hydrogen) atoms. The molecule has 11 nitrogen and oxygen atoms in total. The fraction of sp³-hybridized carbons (Fsp3) is 0.138. The van der Waals surface area contributed by atoms with Crippen LogP contribution in [0.5, 0.6) is 0 Å². The molecule has 0 amide bonds. The second-order valence-corrected chi connectivity index (χ2v) is 11.7. The molecule has 3 aromatic carbocycles. The Labute approximate surface area is 245 Å². The second-order valence-electron chi connectivity index (χ2n) is 8.91. The second kappa shape index (κ2) is 12.0. The van der Waals surface area contributed by atoms with E-state index in [1.807, 2.05) is 91.0 Å². The lowest BCUT2D eigenvalue weighted by Gasteiger charge is -2.34. The molecule has 0 aliphatic heterocycles. The number of hydrogen-bond donors (Lipinski definition) is 1. The number of thiophene rings is 1. The molecule has 1 N–H and O–H groups in total. The third-order valence-corrected chi connectivity index (χ3v) is 9.17. The predicted octanol–water partition coefficient (Wildman–Crippen LogP) is 3.48. The van der Waals surface area contributed by atoms with Crippen molar-refractivity contribution >= 4 is 33.3 Å². The van der Waals surface area contributed by atoms with E-state index in [-0.39, 0.29) is 20.5 Å². The Balaban J connectivity index is 1.69. The lowest BCUT2D eigenvalue weighted by atomic mass is 9.77. The molecule has 0 bridgehead atoms. The molecule has 5 rings (SSSR count). The zero-order chi connectivity index (χ0) is 29.7. The Morgan fingerprint density at radius 2 is 1.38 bits per heavy atom. The fourth-order valence-electron chi connectivity index (χ4n) is 4.56. The summed E-state index contributed by atoms with van der Waals surface area (Å²) in [6.45, 7) is -0.618. The SMILES string of the molecule is COC(=O)CNS(=O)(=O)c1cc(-c2nnn(C(c3ccccc3)(c3ccccc3)c3ccccc3)n2)sc1C(=O)OC. The first-order valence-corrected chi connectivity index (χ1v) is 14.9. The van der Waals surface area contributed by atoms with Crippen molar-refractivity contribution in [2.24, 2.45) is 0 Å². The number of methoxy groups -OCH3 is 2. The average Bonchev–Trinajstić information content (AvgIpc) is 3.71. The van der Waals surface area contributed by atoms with Crippen molar-refractivity contribution in [3.05, 3.63) is 119 Å². The standard InChI is InChI=1S/C29H25N5O6S2/c1-39-25(35)19-30-42(37,38)24-18-23(41-26(24)28(36)40-2)27-31-33-34(32-27)29(20-12-6-3-7-13-20,21-14-8-4-9-15-21)22-16-10-5-11-17-22/h3-18,30H,19H2,1-2H3. The molecule has 2 aromatic heterocycles. The highest BCUT2D eigenvalue weighted by atomic mass is 32.2. The Hall–Kier alpha value is -4.72. The van der Waals surface area contributed by atoms with Crippen LogP contribution in [0.4, 0.5) is 0 Å². The summed E-state index contributed by atoms with van der Waals surface area (Å²) in [7, 11) is -2.04. The van der Waals surface area contributed by atoms with E-state index < -0.39 is 34.0 Å². The lowest BCUT2D eigenvalue weighted by molar-refractivity contribution is -0.139. The van der Waals surface area contributed by atoms with Crippen molar-refractivity contribution in [3.63, 3.8) is 0 Å². The molecule has 0 aliphatic rings. The van der Waals surface area contributed by atoms with Crippen molar-refractivity contribution in [2.45, 2.75) is 10.4 Å². The van der Waals surface area contributed by atoms with E-state index in [1.165, 1.54) is 10.9 Å². The van der Waals surface area contributed by atoms with Crippen LogP contribution in [-0.2, 0) is 29.8 Å². The van der Waals surface area contributed by atoms with E-state index in [2.05, 4.69) is 19.8 Å². The summed E-state index contributed by atoms with van der Waals surface area (Å²) in [6, 6.07) is 30.4. The van der Waals surface area contributed by atoms with Gasteiger partial charge in [0.05, 0.1) is 19.1 Å². The molecule has 0 radical (unpaired) electrons. The third-order valence-electron chi connectivity index (χ3n) is 6.50. The van der Waals surface area contributed by atoms with Crippen LogP contribution in [0.3, 0.4) is 0 Å². The van der Waals surface area contributed by atoms with Gasteiger partial charge in [0, 0.05) is 0 Å². The summed E-state index contributed by atoms with van der Waals surface area (Å²) >= 11 is 0.835. The van der Waals surface area contributed by atoms with Crippen molar-refractivity contribution in [1.29, 1.82) is 0 Å². The number of sulfonamides is 1. The van der Waals surface area contributed by atoms with Crippen LogP contribution in [0.25, 0.3) is 10.7 Å². The molecule has 5 aromatic rings. The van der Waals surface area contributed by atoms with E-state index in [0.29, 0.717) is 0 Å². The molecule has 2 heterocycles. The quantitative estimate of drug-likeness (QED) is 0.188. The Morgan fingerprint density at radius 3 is 1.86 bits per heavy atom. The number of nitrogens with one attached hydrogen (secondary N) is 1. The number of rotatable bonds is 10. The van der Waals surface area contributed by atoms with E-state index in [1.54, 1.807) is 0 Å². The largest absolute Gasteiger partial charge is 0.468 e. The molecular weight excluding hydrogens is 578 g/mol. The minimum absolute atomic E-state index is 0.0896. The summed E-state index contributed by atoms with van der Waals surface area (Å²) in [5, 5.41) is 13.5. The molecule has 0 fully saturated rings. The molecule has 0 saturated heterocycles. The van der Waals surface area contributed by atoms with Gasteiger partial charge < -0.3 is 9.47 Å². The van der Waals surface area contributed by atoms with E-state index in [9.17, 15) is 18.0 Å². The Morgan fingerprint density at radius 1 is 0.857 bits per heavy atom. The van der Waals surface area contributed by atoms with Gasteiger partial charge in [-0.1, -0.05) is 91.0 Å². The number of tetrazole rings is 1. The number of ether oxygens (including phenoxy) is 2. The molecule has 0 saturated carbocycles. The molecular formula is C29H25N5O6S2. The van der Waals surface area contributed by atoms with Gasteiger partial charge in [-0.25, -0.2) is 13.2 Å². The number of esters is 2. The van der Waals surface area contributed by atoms with Gasteiger partial charge in [0.2, 0.25) is 15.8 Å². The van der Waals surface area contributed by atoms with Gasteiger partial charge in [-0.15, -0.1) is 26.3 Å². The summed E-state index contributed by atoms with van der Waals surface area (Å²) in [4.78, 5) is 25.3. The van der Waals surface area contributed by atoms with Crippen LogP contribution in [0, 0.1) is 0 Å². The molecule has 0 aliphatic carbocycles. The summed E-state index contributed by atoms with van der Waals surface area (Å²) in [6.07, 6.45) is 0. The first-order valence-electron chi connectivity index (χ1n) is 12.6. The molecule has 214 valence electrons. The number of carbonyl (C=O) groups excluding carboxylic acids is 2. The monoisotopic (exact) mass is 603 g/mol. The average molecular weight is 604 g/mol. The fourth-order valence-corrected chi connectivity index (χ4v) is 7.05. The number of hydrogen-bond acceptors (Lipinski definition) is 10. The first-order chi connectivity index (χ1) is 20.3. The zero-order valence-electron chi connectivity index (χ0n) is 22.5. The highest BCUT2D eigenvalue weighted by molar-refractivity contribution is 7.89. The van der Waals surface area contributed by atoms with E-state index in [0.717, 1.165) is 42.2 Å². The van der Waals surface area contributed by atoms with Crippen LogP contribution in [-0.4, -0.2) is 61.3 Å². The zero-order valence-corrected chi connectivity index (χ0v) is 24.1. The van der Waals surface area contributed by atoms with E-state index >= 15 is 0 Å². The minimum Gasteiger partial charge on any atom is -0.468 e. The number of carbonyl (C=O) groups is 2. The molecule has 0 atom stereocenters. The van der Waals surface area contributed by atoms with Crippen LogP contribution in [0.15, 0.2) is 102 Å². The van der Waals surface area contributed by atoms with Gasteiger partial charge >= 0.3 is 11.9 Å². The van der Waals surface area contributed by atoms with Crippen molar-refractivity contribution in [2.75, 3.05) is 20.8 Å². The first kappa shape index (κ1) is 28.8. The highest BCUT2D eigenvalue weighted by Gasteiger charge is 2.41.